The molecule has 48 heavy (non-hydrogen) atoms. The molecule has 2 fully saturated rings. The molecule has 2 aliphatic heterocycles. The van der Waals surface area contributed by atoms with E-state index < -0.39 is 87.7 Å². The van der Waals surface area contributed by atoms with E-state index in [2.05, 4.69) is 45.7 Å². The first-order chi connectivity index (χ1) is 22.6. The second-order valence-electron chi connectivity index (χ2n) is 10.7. The Morgan fingerprint density at radius 1 is 1.08 bits per heavy atom. The largest absolute Gasteiger partial charge is 0.382 e. The van der Waals surface area contributed by atoms with Crippen LogP contribution in [0.1, 0.15) is 51.2 Å². The number of nitrogen functional groups attached to an aromatic ring is 1. The summed E-state index contributed by atoms with van der Waals surface area (Å²) in [6.07, 6.45) is -1.36. The Balaban J connectivity index is 0.000000671. The minimum absolute atomic E-state index is 0.0917. The number of carbonyl (C=O) groups is 1. The van der Waals surface area contributed by atoms with Gasteiger partial charge in [0.05, 0.1) is 12.9 Å². The van der Waals surface area contributed by atoms with Crippen LogP contribution in [0.5, 0.6) is 0 Å². The second-order valence-corrected chi connectivity index (χ2v) is 12.0. The van der Waals surface area contributed by atoms with Crippen molar-refractivity contribution in [3.05, 3.63) is 51.9 Å². The van der Waals surface area contributed by atoms with Crippen molar-refractivity contribution in [2.45, 2.75) is 64.9 Å². The molecule has 0 radical (unpaired) electrons. The van der Waals surface area contributed by atoms with Gasteiger partial charge in [-0.1, -0.05) is 25.9 Å². The lowest BCUT2D eigenvalue weighted by atomic mass is 10.1. The van der Waals surface area contributed by atoms with E-state index in [1.54, 1.807) is 13.8 Å². The fraction of sp³-hybridized carbons (Fsp3) is 0.538. The van der Waals surface area contributed by atoms with Gasteiger partial charge in [0.25, 0.3) is 5.91 Å². The predicted molar refractivity (Wildman–Crippen MR) is 158 cm³/mol. The van der Waals surface area contributed by atoms with E-state index in [4.69, 9.17) is 29.7 Å². The SMILES string of the molecule is CC1(C)O[C@@H]2[C@H](O1)[C@@H](COS(=O)(=O)NC(=O)c1c(F)c(F)c(N=[N+]=[N-])c(F)c1F)O[C@H]2n1cnc2c(N)ncnc21.CCN(CC)CC. The van der Waals surface area contributed by atoms with E-state index in [0.29, 0.717) is 0 Å². The molecule has 0 bridgehead atoms. The van der Waals surface area contributed by atoms with Gasteiger partial charge in [0.15, 0.2) is 46.7 Å². The van der Waals surface area contributed by atoms with Crippen LogP contribution in [0.15, 0.2) is 17.8 Å². The van der Waals surface area contributed by atoms with Crippen LogP contribution in [0.2, 0.25) is 0 Å². The molecule has 5 rings (SSSR count). The lowest BCUT2D eigenvalue weighted by molar-refractivity contribution is -0.198. The molecule has 0 spiro atoms. The first kappa shape index (κ1) is 36.7. The fourth-order valence-electron chi connectivity index (χ4n) is 5.05. The normalized spacial score (nSPS) is 21.5. The Morgan fingerprint density at radius 3 is 2.25 bits per heavy atom. The van der Waals surface area contributed by atoms with Gasteiger partial charge in [-0.25, -0.2) is 37.2 Å². The van der Waals surface area contributed by atoms with Crippen LogP contribution in [0.4, 0.5) is 29.1 Å². The number of carbonyl (C=O) groups excluding carboxylic acids is 1. The number of ether oxygens (including phenoxy) is 3. The van der Waals surface area contributed by atoms with Crippen LogP contribution in [-0.2, 0) is 28.7 Å². The lowest BCUT2D eigenvalue weighted by Gasteiger charge is -2.24. The lowest BCUT2D eigenvalue weighted by Crippen LogP contribution is -2.38. The fourth-order valence-corrected chi connectivity index (χ4v) is 5.75. The summed E-state index contributed by atoms with van der Waals surface area (Å²) >= 11 is 0. The van der Waals surface area contributed by atoms with E-state index in [0.717, 1.165) is 4.72 Å². The Hall–Kier alpha value is -4.18. The number of hydrogen-bond donors (Lipinski definition) is 2. The summed E-state index contributed by atoms with van der Waals surface area (Å²) in [6.45, 7) is 12.5. The Bertz CT molecular complexity index is 1800. The second kappa shape index (κ2) is 14.5. The molecule has 0 unspecified atom stereocenters. The number of anilines is 1. The monoisotopic (exact) mass is 704 g/mol. The van der Waals surface area contributed by atoms with Crippen molar-refractivity contribution in [2.24, 2.45) is 5.11 Å². The number of fused-ring (bicyclic) bond motifs is 2. The molecular weight excluding hydrogens is 672 g/mol. The summed E-state index contributed by atoms with van der Waals surface area (Å²) in [4.78, 5) is 28.8. The number of azide groups is 1. The number of benzene rings is 1. The Labute approximate surface area is 271 Å². The third kappa shape index (κ3) is 7.43. The molecule has 1 amide bonds. The average molecular weight is 705 g/mol. The van der Waals surface area contributed by atoms with E-state index in [1.165, 1.54) is 36.9 Å². The minimum Gasteiger partial charge on any atom is -0.382 e. The van der Waals surface area contributed by atoms with Gasteiger partial charge in [0.2, 0.25) is 0 Å². The maximum Gasteiger partial charge on any atom is 0.362 e. The number of imidazole rings is 1. The summed E-state index contributed by atoms with van der Waals surface area (Å²) in [5, 5.41) is 2.48. The minimum atomic E-state index is -5.16. The predicted octanol–water partition coefficient (Wildman–Crippen LogP) is 3.36. The van der Waals surface area contributed by atoms with Gasteiger partial charge in [0.1, 0.15) is 41.4 Å². The van der Waals surface area contributed by atoms with Crippen LogP contribution >= 0.6 is 0 Å². The van der Waals surface area contributed by atoms with E-state index in [-0.39, 0.29) is 17.0 Å². The van der Waals surface area contributed by atoms with Crippen molar-refractivity contribution in [1.82, 2.24) is 29.1 Å². The van der Waals surface area contributed by atoms with Crippen LogP contribution < -0.4 is 10.5 Å². The molecule has 17 nitrogen and oxygen atoms in total. The molecule has 3 aromatic rings. The summed E-state index contributed by atoms with van der Waals surface area (Å²) in [6, 6.07) is 0. The van der Waals surface area contributed by atoms with Crippen LogP contribution in [0.25, 0.3) is 21.6 Å². The van der Waals surface area contributed by atoms with Gasteiger partial charge in [-0.15, -0.1) is 0 Å². The summed E-state index contributed by atoms with van der Waals surface area (Å²) in [5.41, 5.74) is 11.0. The summed E-state index contributed by atoms with van der Waals surface area (Å²) < 4.78 is 107. The molecule has 2 aliphatic rings. The number of halogens is 4. The van der Waals surface area contributed by atoms with Gasteiger partial charge in [0, 0.05) is 4.91 Å². The standard InChI is InChI=1S/C20H17F4N9O7S.C6H15N/c1-20(2)39-14-6(38-19(15(14)40-20)33-5-29-13-16(25)27-4-28-17(13)33)3-37-41(35,36)31-18(34)7-8(21)10(23)12(30-32-26)11(24)9(7)22;1-4-7(5-2)6-3/h4-6,14-15,19H,3H2,1-2H3,(H,31,34)(H2,25,27,28);4-6H2,1-3H3/t6-,14-,15-,19-;/m1./s1. The number of amides is 1. The summed E-state index contributed by atoms with van der Waals surface area (Å²) in [7, 11) is -5.16. The van der Waals surface area contributed by atoms with Gasteiger partial charge >= 0.3 is 10.3 Å². The highest BCUT2D eigenvalue weighted by Gasteiger charge is 2.56. The first-order valence-corrected chi connectivity index (χ1v) is 15.8. The molecule has 2 aromatic heterocycles. The van der Waals surface area contributed by atoms with Gasteiger partial charge in [-0.3, -0.25) is 13.5 Å². The molecule has 3 N–H and O–H groups in total. The van der Waals surface area contributed by atoms with Crippen molar-refractivity contribution < 1.29 is 49.2 Å². The Morgan fingerprint density at radius 2 is 1.69 bits per heavy atom. The van der Waals surface area contributed by atoms with Crippen molar-refractivity contribution in [2.75, 3.05) is 32.0 Å². The van der Waals surface area contributed by atoms with E-state index in [1.807, 2.05) is 4.91 Å². The average Bonchev–Trinajstić information content (AvgIpc) is 3.69. The summed E-state index contributed by atoms with van der Waals surface area (Å²) in [5.74, 6) is -12.2. The Kier molecular flexibility index (Phi) is 11.1. The highest BCUT2D eigenvalue weighted by Crippen LogP contribution is 2.44. The number of nitrogens with two attached hydrogens (primary N) is 1. The molecule has 22 heteroatoms. The molecule has 4 atom stereocenters. The van der Waals surface area contributed by atoms with Crippen molar-refractivity contribution in [3.63, 3.8) is 0 Å². The third-order valence-electron chi connectivity index (χ3n) is 7.35. The van der Waals surface area contributed by atoms with Crippen molar-refractivity contribution in [3.8, 4) is 0 Å². The number of nitrogens with one attached hydrogen (secondary N) is 1. The molecule has 0 aliphatic carbocycles. The zero-order valence-corrected chi connectivity index (χ0v) is 27.0. The topological polar surface area (TPSA) is 222 Å². The van der Waals surface area contributed by atoms with Crippen LogP contribution in [0.3, 0.4) is 0 Å². The van der Waals surface area contributed by atoms with E-state index in [9.17, 15) is 30.8 Å². The van der Waals surface area contributed by atoms with Gasteiger partial charge in [-0.05, 0) is 39.0 Å². The highest BCUT2D eigenvalue weighted by atomic mass is 32.2. The van der Waals surface area contributed by atoms with Crippen molar-refractivity contribution in [1.29, 1.82) is 0 Å². The molecule has 1 aromatic carbocycles. The number of hydrogen-bond acceptors (Lipinski definition) is 13. The molecule has 4 heterocycles. The number of nitrogens with zero attached hydrogens (tertiary/aromatic N) is 8. The smallest absolute Gasteiger partial charge is 0.362 e. The van der Waals surface area contributed by atoms with Gasteiger partial charge in [-0.2, -0.15) is 8.42 Å². The maximum absolute atomic E-state index is 14.3. The first-order valence-electron chi connectivity index (χ1n) is 14.4. The van der Waals surface area contributed by atoms with Crippen molar-refractivity contribution >= 4 is 38.9 Å². The third-order valence-corrected chi connectivity index (χ3v) is 8.23. The van der Waals surface area contributed by atoms with E-state index >= 15 is 0 Å². The number of rotatable bonds is 10. The highest BCUT2D eigenvalue weighted by molar-refractivity contribution is 7.85. The molecule has 2 saturated heterocycles. The molecule has 262 valence electrons. The quantitative estimate of drug-likeness (QED) is 0.102. The zero-order chi connectivity index (χ0) is 35.6. The van der Waals surface area contributed by atoms with Crippen LogP contribution in [-0.4, -0.2) is 89.1 Å². The van der Waals surface area contributed by atoms with Gasteiger partial charge < -0.3 is 24.8 Å². The molecular formula is C26H32F4N10O7S. The molecule has 0 saturated carbocycles. The number of aromatic nitrogens is 4. The van der Waals surface area contributed by atoms with Crippen LogP contribution in [0, 0.1) is 23.3 Å². The zero-order valence-electron chi connectivity index (χ0n) is 26.2. The maximum atomic E-state index is 14.3.